The van der Waals surface area contributed by atoms with Crippen LogP contribution in [0.25, 0.3) is 10.4 Å². The fraction of sp³-hybridized carbons (Fsp3) is 0.333. The van der Waals surface area contributed by atoms with Gasteiger partial charge in [-0.25, -0.2) is 0 Å². The normalized spacial score (nSPS) is 21.3. The molecule has 0 aliphatic carbocycles. The van der Waals surface area contributed by atoms with Gasteiger partial charge in [0, 0.05) is 28.0 Å². The minimum absolute atomic E-state index is 0.157. The van der Waals surface area contributed by atoms with Gasteiger partial charge in [-0.3, -0.25) is 9.59 Å². The minimum atomic E-state index is -0.620. The second-order valence-electron chi connectivity index (χ2n) is 4.41. The van der Waals surface area contributed by atoms with Crippen LogP contribution >= 0.6 is 23.2 Å². The van der Waals surface area contributed by atoms with Gasteiger partial charge in [0.1, 0.15) is 0 Å². The van der Waals surface area contributed by atoms with E-state index in [1.165, 1.54) is 6.07 Å². The predicted octanol–water partition coefficient (Wildman–Crippen LogP) is 2.99. The number of amides is 1. The highest BCUT2D eigenvalue weighted by atomic mass is 35.5. The molecule has 20 heavy (non-hydrogen) atoms. The van der Waals surface area contributed by atoms with E-state index in [0.29, 0.717) is 17.1 Å². The van der Waals surface area contributed by atoms with E-state index in [-0.39, 0.29) is 23.1 Å². The van der Waals surface area contributed by atoms with Crippen molar-refractivity contribution in [3.8, 4) is 0 Å². The summed E-state index contributed by atoms with van der Waals surface area (Å²) in [6.07, 6.45) is 0.287. The molecule has 6 nitrogen and oxygen atoms in total. The summed E-state index contributed by atoms with van der Waals surface area (Å²) in [7, 11) is 0. The molecule has 1 amide bonds. The van der Waals surface area contributed by atoms with Crippen molar-refractivity contribution in [2.45, 2.75) is 12.5 Å². The van der Waals surface area contributed by atoms with Gasteiger partial charge in [0.25, 0.3) is 0 Å². The summed E-state index contributed by atoms with van der Waals surface area (Å²) < 4.78 is 0. The fourth-order valence-corrected chi connectivity index (χ4v) is 2.65. The van der Waals surface area contributed by atoms with Crippen molar-refractivity contribution in [2.75, 3.05) is 6.54 Å². The molecule has 0 aromatic heterocycles. The standard InChI is InChI=1S/C12H10Cl2N4O2/c13-7-1-2-8(9(14)4-7)11(19)6-3-10(16-5-6)12(20)17-18-15/h1-2,4,6,10,16H,3,5H2. The van der Waals surface area contributed by atoms with E-state index in [4.69, 9.17) is 28.7 Å². The largest absolute Gasteiger partial charge is 0.307 e. The number of azide groups is 1. The molecule has 1 heterocycles. The molecule has 1 aliphatic heterocycles. The van der Waals surface area contributed by atoms with E-state index in [0.717, 1.165) is 0 Å². The van der Waals surface area contributed by atoms with Crippen LogP contribution in [0, 0.1) is 5.92 Å². The van der Waals surface area contributed by atoms with Crippen LogP contribution in [0.15, 0.2) is 23.3 Å². The zero-order chi connectivity index (χ0) is 14.7. The third kappa shape index (κ3) is 3.11. The maximum atomic E-state index is 12.3. The Labute approximate surface area is 124 Å². The summed E-state index contributed by atoms with van der Waals surface area (Å²) >= 11 is 11.8. The molecular formula is C12H10Cl2N4O2. The Morgan fingerprint density at radius 1 is 1.40 bits per heavy atom. The highest BCUT2D eigenvalue weighted by Crippen LogP contribution is 2.26. The van der Waals surface area contributed by atoms with Gasteiger partial charge >= 0.3 is 0 Å². The molecule has 2 unspecified atom stereocenters. The van der Waals surface area contributed by atoms with Crippen molar-refractivity contribution >= 4 is 34.9 Å². The second kappa shape index (κ2) is 6.24. The van der Waals surface area contributed by atoms with Crippen molar-refractivity contribution in [2.24, 2.45) is 11.0 Å². The van der Waals surface area contributed by atoms with Crippen molar-refractivity contribution < 1.29 is 9.59 Å². The fourth-order valence-electron chi connectivity index (χ4n) is 2.15. The van der Waals surface area contributed by atoms with Crippen LogP contribution in [-0.2, 0) is 4.79 Å². The molecule has 1 N–H and O–H groups in total. The van der Waals surface area contributed by atoms with Crippen LogP contribution in [0.2, 0.25) is 10.0 Å². The van der Waals surface area contributed by atoms with E-state index < -0.39 is 11.9 Å². The molecule has 8 heteroatoms. The summed E-state index contributed by atoms with van der Waals surface area (Å²) in [5, 5.41) is 6.63. The van der Waals surface area contributed by atoms with E-state index in [9.17, 15) is 9.59 Å². The number of hydrogen-bond acceptors (Lipinski definition) is 3. The molecular weight excluding hydrogens is 303 g/mol. The second-order valence-corrected chi connectivity index (χ2v) is 5.25. The molecule has 0 saturated carbocycles. The number of hydrogen-bond donors (Lipinski definition) is 1. The predicted molar refractivity (Wildman–Crippen MR) is 74.8 cm³/mol. The Kier molecular flexibility index (Phi) is 4.62. The third-order valence-corrected chi connectivity index (χ3v) is 3.69. The number of rotatable bonds is 3. The van der Waals surface area contributed by atoms with Crippen LogP contribution < -0.4 is 5.32 Å². The van der Waals surface area contributed by atoms with Crippen molar-refractivity contribution in [1.82, 2.24) is 5.32 Å². The number of Topliss-reactive ketones (excluding diaryl/α,β-unsaturated/α-hetero) is 1. The van der Waals surface area contributed by atoms with Gasteiger partial charge in [0.05, 0.1) is 11.1 Å². The van der Waals surface area contributed by atoms with E-state index in [1.54, 1.807) is 12.1 Å². The van der Waals surface area contributed by atoms with E-state index >= 15 is 0 Å². The van der Waals surface area contributed by atoms with Crippen molar-refractivity contribution in [3.63, 3.8) is 0 Å². The first kappa shape index (κ1) is 14.8. The first-order valence-corrected chi connectivity index (χ1v) is 6.60. The Morgan fingerprint density at radius 3 is 2.80 bits per heavy atom. The molecule has 2 rings (SSSR count). The summed E-state index contributed by atoms with van der Waals surface area (Å²) in [4.78, 5) is 26.2. The Bertz CT molecular complexity index is 613. The van der Waals surface area contributed by atoms with E-state index in [1.807, 2.05) is 0 Å². The quantitative estimate of drug-likeness (QED) is 0.402. The number of carbonyl (C=O) groups excluding carboxylic acids is 2. The molecule has 0 spiro atoms. The van der Waals surface area contributed by atoms with Crippen LogP contribution in [0.3, 0.4) is 0 Å². The molecule has 1 aliphatic rings. The van der Waals surface area contributed by atoms with Gasteiger partial charge in [0.15, 0.2) is 5.78 Å². The summed E-state index contributed by atoms with van der Waals surface area (Å²) in [5.41, 5.74) is 8.60. The average molecular weight is 313 g/mol. The van der Waals surface area contributed by atoms with Gasteiger partial charge in [0.2, 0.25) is 5.91 Å². The zero-order valence-corrected chi connectivity index (χ0v) is 11.7. The smallest absolute Gasteiger partial charge is 0.235 e. The molecule has 104 valence electrons. The topological polar surface area (TPSA) is 94.9 Å². The monoisotopic (exact) mass is 312 g/mol. The van der Waals surface area contributed by atoms with Crippen molar-refractivity contribution in [1.29, 1.82) is 0 Å². The number of nitrogens with one attached hydrogen (secondary N) is 1. The van der Waals surface area contributed by atoms with Crippen molar-refractivity contribution in [3.05, 3.63) is 44.3 Å². The first-order valence-electron chi connectivity index (χ1n) is 5.84. The highest BCUT2D eigenvalue weighted by Gasteiger charge is 2.34. The summed E-state index contributed by atoms with van der Waals surface area (Å²) in [6, 6.07) is 4.04. The molecule has 1 aromatic carbocycles. The summed E-state index contributed by atoms with van der Waals surface area (Å²) in [6.45, 7) is 0.342. The number of nitrogens with zero attached hydrogens (tertiary/aromatic N) is 3. The maximum Gasteiger partial charge on any atom is 0.235 e. The van der Waals surface area contributed by atoms with Gasteiger partial charge in [-0.2, -0.15) is 0 Å². The number of carbonyl (C=O) groups is 2. The number of halogens is 2. The van der Waals surface area contributed by atoms with Crippen LogP contribution in [0.4, 0.5) is 0 Å². The maximum absolute atomic E-state index is 12.3. The lowest BCUT2D eigenvalue weighted by Crippen LogP contribution is -2.28. The highest BCUT2D eigenvalue weighted by molar-refractivity contribution is 6.36. The molecule has 0 bridgehead atoms. The van der Waals surface area contributed by atoms with Gasteiger partial charge < -0.3 is 5.32 Å². The lowest BCUT2D eigenvalue weighted by molar-refractivity contribution is -0.119. The molecule has 2 atom stereocenters. The van der Waals surface area contributed by atoms with E-state index in [2.05, 4.69) is 15.3 Å². The molecule has 1 aromatic rings. The third-order valence-electron chi connectivity index (χ3n) is 3.14. The van der Waals surface area contributed by atoms with Gasteiger partial charge in [-0.15, -0.1) is 0 Å². The van der Waals surface area contributed by atoms with Crippen LogP contribution in [0.5, 0.6) is 0 Å². The Hall–Kier alpha value is -1.59. The minimum Gasteiger partial charge on any atom is -0.307 e. The lowest BCUT2D eigenvalue weighted by Gasteiger charge is -2.09. The SMILES string of the molecule is [N-]=[N+]=NC(=O)C1CC(C(=O)c2ccc(Cl)cc2Cl)CN1. The Morgan fingerprint density at radius 2 is 2.15 bits per heavy atom. The molecule has 1 saturated heterocycles. The molecule has 0 radical (unpaired) electrons. The molecule has 1 fully saturated rings. The van der Waals surface area contributed by atoms with Crippen LogP contribution in [0.1, 0.15) is 16.8 Å². The number of ketones is 1. The van der Waals surface area contributed by atoms with Gasteiger partial charge in [-0.1, -0.05) is 23.2 Å². The first-order chi connectivity index (χ1) is 9.52. The lowest BCUT2D eigenvalue weighted by atomic mass is 9.95. The average Bonchev–Trinajstić information content (AvgIpc) is 2.88. The number of benzene rings is 1. The Balaban J connectivity index is 2.11. The summed E-state index contributed by atoms with van der Waals surface area (Å²) in [5.74, 6) is -1.14. The van der Waals surface area contributed by atoms with Gasteiger partial charge in [-0.05, 0) is 35.3 Å². The zero-order valence-electron chi connectivity index (χ0n) is 10.2. The van der Waals surface area contributed by atoms with Crippen LogP contribution in [-0.4, -0.2) is 24.3 Å².